The van der Waals surface area contributed by atoms with Gasteiger partial charge in [-0.2, -0.15) is 4.39 Å². The summed E-state index contributed by atoms with van der Waals surface area (Å²) in [6.07, 6.45) is -0.735. The number of piperazine rings is 1. The zero-order valence-corrected chi connectivity index (χ0v) is 28.7. The van der Waals surface area contributed by atoms with Gasteiger partial charge in [-0.3, -0.25) is 9.59 Å². The number of carbonyl (C=O) groups is 3. The topological polar surface area (TPSA) is 140 Å². The smallest absolute Gasteiger partial charge is 0.335 e. The van der Waals surface area contributed by atoms with Gasteiger partial charge in [0.1, 0.15) is 0 Å². The summed E-state index contributed by atoms with van der Waals surface area (Å²) < 4.78 is 46.6. The number of aryl methyl sites for hydroxylation is 2. The van der Waals surface area contributed by atoms with E-state index in [0.29, 0.717) is 43.9 Å². The highest BCUT2D eigenvalue weighted by atomic mass is 19.2. The fourth-order valence-corrected chi connectivity index (χ4v) is 7.09. The Labute approximate surface area is 299 Å². The predicted octanol–water partition coefficient (Wildman–Crippen LogP) is 3.79. The number of rotatable bonds is 14. The molecule has 4 N–H and O–H groups in total. The van der Waals surface area contributed by atoms with Crippen LogP contribution < -0.4 is 10.1 Å². The van der Waals surface area contributed by atoms with Crippen LogP contribution in [-0.2, 0) is 27.2 Å². The third kappa shape index (κ3) is 8.16. The third-order valence-electron chi connectivity index (χ3n) is 10.0. The van der Waals surface area contributed by atoms with Gasteiger partial charge in [0.25, 0.3) is 11.8 Å². The Kier molecular flexibility index (Phi) is 11.3. The second-order valence-electron chi connectivity index (χ2n) is 13.7. The van der Waals surface area contributed by atoms with Crippen molar-refractivity contribution in [2.75, 3.05) is 26.2 Å². The minimum atomic E-state index is -2.28. The molecular formula is C39H42F3N3O7. The number of hydrogen-bond donors (Lipinski definition) is 4. The van der Waals surface area contributed by atoms with E-state index in [1.807, 2.05) is 54.3 Å². The van der Waals surface area contributed by atoms with Crippen molar-refractivity contribution in [2.24, 2.45) is 0 Å². The summed E-state index contributed by atoms with van der Waals surface area (Å²) in [6.45, 7) is 2.62. The molecule has 0 unspecified atom stereocenters. The number of ether oxygens (including phenoxy) is 1. The van der Waals surface area contributed by atoms with E-state index in [1.165, 1.54) is 4.90 Å². The molecule has 2 bridgehead atoms. The summed E-state index contributed by atoms with van der Waals surface area (Å²) in [5, 5.41) is 32.9. The molecule has 13 heteroatoms. The number of fused-ring (bicyclic) bond motifs is 2. The molecule has 0 spiro atoms. The van der Waals surface area contributed by atoms with E-state index in [1.54, 1.807) is 0 Å². The maximum atomic E-state index is 14.7. The van der Waals surface area contributed by atoms with E-state index < -0.39 is 53.3 Å². The molecule has 3 aliphatic rings. The highest BCUT2D eigenvalue weighted by Crippen LogP contribution is 2.37. The summed E-state index contributed by atoms with van der Waals surface area (Å²) in [5.74, 6) is -7.08. The zero-order chi connectivity index (χ0) is 37.1. The average molecular weight is 722 g/mol. The van der Waals surface area contributed by atoms with Crippen LogP contribution in [0.15, 0.2) is 66.2 Å². The van der Waals surface area contributed by atoms with Crippen LogP contribution in [0.5, 0.6) is 5.75 Å². The molecule has 0 radical (unpaired) electrons. The number of nitrogens with zero attached hydrogens (tertiary/aromatic N) is 2. The van der Waals surface area contributed by atoms with Gasteiger partial charge >= 0.3 is 5.97 Å². The largest absolute Gasteiger partial charge is 0.488 e. The summed E-state index contributed by atoms with van der Waals surface area (Å²) in [5.41, 5.74) is 5.33. The first-order valence-corrected chi connectivity index (χ1v) is 17.5. The van der Waals surface area contributed by atoms with Gasteiger partial charge in [-0.05, 0) is 85.4 Å². The summed E-state index contributed by atoms with van der Waals surface area (Å²) in [6, 6.07) is 16.3. The maximum Gasteiger partial charge on any atom is 0.335 e. The number of aliphatic hydroxyl groups excluding tert-OH is 2. The van der Waals surface area contributed by atoms with Crippen LogP contribution in [0.4, 0.5) is 13.2 Å². The Morgan fingerprint density at radius 1 is 0.942 bits per heavy atom. The van der Waals surface area contributed by atoms with Crippen LogP contribution in [0.3, 0.4) is 0 Å². The SMILES string of the molecule is Cc1ccccc1CCN(C(=O)C1=C(c2ccc(CCCOc3c(F)ccc(F)c3F)cc2)C[C@@H]2CN(C(=O)[C@@H](O)[C@@H](O)C(=O)O)C[C@H]1N2)C1CC1. The van der Waals surface area contributed by atoms with Crippen molar-refractivity contribution < 1.29 is 47.6 Å². The lowest BCUT2D eigenvalue weighted by atomic mass is 9.82. The molecule has 3 aromatic rings. The van der Waals surface area contributed by atoms with Gasteiger partial charge < -0.3 is 35.2 Å². The number of hydrogen-bond acceptors (Lipinski definition) is 7. The van der Waals surface area contributed by atoms with E-state index in [4.69, 9.17) is 9.84 Å². The highest BCUT2D eigenvalue weighted by Gasteiger charge is 2.45. The fraction of sp³-hybridized carbons (Fsp3) is 0.410. The van der Waals surface area contributed by atoms with Gasteiger partial charge in [0.2, 0.25) is 5.82 Å². The normalized spacial score (nSPS) is 19.6. The molecule has 6 rings (SSSR count). The van der Waals surface area contributed by atoms with Crippen LogP contribution in [0.1, 0.15) is 47.9 Å². The number of carboxylic acids is 1. The van der Waals surface area contributed by atoms with E-state index in [2.05, 4.69) is 11.4 Å². The number of halogens is 3. The van der Waals surface area contributed by atoms with E-state index in [0.717, 1.165) is 46.7 Å². The molecule has 1 saturated carbocycles. The number of benzene rings is 3. The van der Waals surface area contributed by atoms with E-state index in [9.17, 15) is 37.8 Å². The minimum absolute atomic E-state index is 0.00973. The van der Waals surface area contributed by atoms with Crippen LogP contribution in [0, 0.1) is 24.4 Å². The van der Waals surface area contributed by atoms with Gasteiger partial charge in [-0.25, -0.2) is 13.6 Å². The Bertz CT molecular complexity index is 1850. The fourth-order valence-electron chi connectivity index (χ4n) is 7.09. The number of carboxylic acid groups (broad SMARTS) is 1. The van der Waals surface area contributed by atoms with Crippen molar-refractivity contribution in [1.29, 1.82) is 0 Å². The molecule has 3 aromatic carbocycles. The first kappa shape index (κ1) is 37.1. The molecule has 2 fully saturated rings. The molecule has 4 atom stereocenters. The Balaban J connectivity index is 1.24. The van der Waals surface area contributed by atoms with E-state index >= 15 is 0 Å². The average Bonchev–Trinajstić information content (AvgIpc) is 3.98. The van der Waals surface area contributed by atoms with Crippen LogP contribution in [0.25, 0.3) is 5.57 Å². The van der Waals surface area contributed by atoms with Crippen molar-refractivity contribution in [2.45, 2.75) is 75.8 Å². The number of carbonyl (C=O) groups excluding carboxylic acids is 2. The molecule has 2 aliphatic heterocycles. The number of nitrogens with one attached hydrogen (secondary N) is 1. The lowest BCUT2D eigenvalue weighted by molar-refractivity contribution is -0.163. The number of amides is 2. The molecule has 2 amide bonds. The summed E-state index contributed by atoms with van der Waals surface area (Å²) >= 11 is 0. The monoisotopic (exact) mass is 721 g/mol. The number of aliphatic hydroxyl groups is 2. The van der Waals surface area contributed by atoms with Crippen molar-refractivity contribution in [1.82, 2.24) is 15.1 Å². The standard InChI is InChI=1S/C39H42F3N3O7/c1-22-5-2-3-7-24(22)16-17-45(27-12-13-27)37(48)32-28(19-26-20-44(21-31(32)43-26)38(49)34(46)35(47)39(50)51)25-10-8-23(9-11-25)6-4-18-52-36-30(41)15-14-29(40)33(36)42/h2-3,5,7-11,14-15,26-27,31,34-35,43,46-47H,4,6,12-13,16-21H2,1H3,(H,50,51)/t26-,31-,34+,35-/m1/s1. The van der Waals surface area contributed by atoms with Crippen molar-refractivity contribution in [3.63, 3.8) is 0 Å². The molecule has 52 heavy (non-hydrogen) atoms. The van der Waals surface area contributed by atoms with Crippen molar-refractivity contribution in [3.05, 3.63) is 106 Å². The Morgan fingerprint density at radius 3 is 2.35 bits per heavy atom. The number of aliphatic carboxylic acids is 1. The van der Waals surface area contributed by atoms with Crippen molar-refractivity contribution in [3.8, 4) is 5.75 Å². The first-order valence-electron chi connectivity index (χ1n) is 17.5. The van der Waals surface area contributed by atoms with Gasteiger partial charge in [-0.1, -0.05) is 48.5 Å². The Hall–Kier alpha value is -4.72. The van der Waals surface area contributed by atoms with Crippen LogP contribution in [-0.4, -0.2) is 99.5 Å². The molecule has 2 heterocycles. The maximum absolute atomic E-state index is 14.7. The second-order valence-corrected chi connectivity index (χ2v) is 13.7. The summed E-state index contributed by atoms with van der Waals surface area (Å²) in [7, 11) is 0. The van der Waals surface area contributed by atoms with Crippen molar-refractivity contribution >= 4 is 23.4 Å². The zero-order valence-electron chi connectivity index (χ0n) is 28.7. The lowest BCUT2D eigenvalue weighted by Crippen LogP contribution is -2.64. The van der Waals surface area contributed by atoms with Gasteiger partial charge in [0.15, 0.2) is 29.6 Å². The summed E-state index contributed by atoms with van der Waals surface area (Å²) in [4.78, 5) is 42.4. The molecule has 276 valence electrons. The van der Waals surface area contributed by atoms with Gasteiger partial charge in [0, 0.05) is 37.3 Å². The lowest BCUT2D eigenvalue weighted by Gasteiger charge is -2.45. The second kappa shape index (κ2) is 15.9. The Morgan fingerprint density at radius 2 is 1.65 bits per heavy atom. The first-order chi connectivity index (χ1) is 24.9. The quantitative estimate of drug-likeness (QED) is 0.146. The molecule has 0 aromatic heterocycles. The molecule has 10 nitrogen and oxygen atoms in total. The van der Waals surface area contributed by atoms with Gasteiger partial charge in [0.05, 0.1) is 12.6 Å². The highest BCUT2D eigenvalue weighted by molar-refractivity contribution is 6.03. The van der Waals surface area contributed by atoms with Crippen LogP contribution >= 0.6 is 0 Å². The predicted molar refractivity (Wildman–Crippen MR) is 185 cm³/mol. The van der Waals surface area contributed by atoms with Gasteiger partial charge in [-0.15, -0.1) is 0 Å². The van der Waals surface area contributed by atoms with E-state index in [-0.39, 0.29) is 37.7 Å². The third-order valence-corrected chi connectivity index (χ3v) is 10.0. The molecule has 1 aliphatic carbocycles. The minimum Gasteiger partial charge on any atom is -0.488 e. The molecule has 1 saturated heterocycles. The molecular weight excluding hydrogens is 679 g/mol. The van der Waals surface area contributed by atoms with Crippen LogP contribution in [0.2, 0.25) is 0 Å².